The lowest BCUT2D eigenvalue weighted by molar-refractivity contribution is -0.402. The number of nitrogens with one attached hydrogen (secondary N) is 1. The molecule has 2 aromatic heterocycles. The lowest BCUT2D eigenvalue weighted by atomic mass is 10.1. The van der Waals surface area contributed by atoms with Crippen LogP contribution in [-0.4, -0.2) is 40.8 Å². The Morgan fingerprint density at radius 2 is 1.97 bits per heavy atom. The molecule has 11 nitrogen and oxygen atoms in total. The van der Waals surface area contributed by atoms with E-state index in [9.17, 15) is 14.9 Å². The van der Waals surface area contributed by atoms with Crippen molar-refractivity contribution in [2.24, 2.45) is 5.10 Å². The highest BCUT2D eigenvalue weighted by Crippen LogP contribution is 2.29. The van der Waals surface area contributed by atoms with Crippen LogP contribution < -0.4 is 14.9 Å². The minimum atomic E-state index is -0.653. The van der Waals surface area contributed by atoms with E-state index in [-0.39, 0.29) is 12.3 Å². The van der Waals surface area contributed by atoms with Gasteiger partial charge in [0.25, 0.3) is 5.91 Å². The fraction of sp³-hybridized carbons (Fsp3) is 0.174. The molecule has 0 saturated carbocycles. The van der Waals surface area contributed by atoms with Gasteiger partial charge in [-0.15, -0.1) is 0 Å². The number of ether oxygens (including phenoxy) is 2. The smallest absolute Gasteiger partial charge is 0.433 e. The first-order chi connectivity index (χ1) is 16.5. The Morgan fingerprint density at radius 1 is 1.18 bits per heavy atom. The van der Waals surface area contributed by atoms with E-state index in [1.807, 2.05) is 47.0 Å². The molecular formula is C23H21N5O6. The molecule has 0 aliphatic carbocycles. The number of hydrazone groups is 1. The summed E-state index contributed by atoms with van der Waals surface area (Å²) in [5.74, 6) is 1.27. The van der Waals surface area contributed by atoms with E-state index in [1.54, 1.807) is 14.2 Å². The van der Waals surface area contributed by atoms with E-state index >= 15 is 0 Å². The molecule has 1 N–H and O–H groups in total. The molecule has 0 spiro atoms. The maximum Gasteiger partial charge on any atom is 0.433 e. The Balaban J connectivity index is 1.53. The first-order valence-electron chi connectivity index (χ1n) is 10.2. The molecule has 0 bridgehead atoms. The predicted molar refractivity (Wildman–Crippen MR) is 123 cm³/mol. The zero-order chi connectivity index (χ0) is 24.1. The van der Waals surface area contributed by atoms with Gasteiger partial charge in [-0.25, -0.2) is 10.4 Å². The molecule has 0 radical (unpaired) electrons. The molecule has 0 atom stereocenters. The Hall–Kier alpha value is -4.67. The number of rotatable bonds is 9. The summed E-state index contributed by atoms with van der Waals surface area (Å²) in [6.07, 6.45) is 1.66. The van der Waals surface area contributed by atoms with Crippen LogP contribution in [0.25, 0.3) is 11.0 Å². The zero-order valence-corrected chi connectivity index (χ0v) is 18.4. The lowest BCUT2D eigenvalue weighted by Gasteiger charge is -2.11. The van der Waals surface area contributed by atoms with Crippen LogP contribution in [-0.2, 0) is 17.8 Å². The van der Waals surface area contributed by atoms with E-state index in [0.29, 0.717) is 23.7 Å². The molecule has 0 aliphatic heterocycles. The van der Waals surface area contributed by atoms with E-state index in [4.69, 9.17) is 18.9 Å². The van der Waals surface area contributed by atoms with Crippen molar-refractivity contribution in [1.82, 2.24) is 15.0 Å². The van der Waals surface area contributed by atoms with Crippen LogP contribution in [0.1, 0.15) is 17.1 Å². The standard InChI is InChI=1S/C23H21N5O6/c1-32-19-9-7-15(11-20(19)33-2)12-21-25-17-5-3-4-6-18(17)27(21)14-22(29)26-24-13-16-8-10-23(34-16)28(30)31/h3-11,13H,12,14H2,1-2H3,(H,26,29)/b24-13-. The third-order valence-electron chi connectivity index (χ3n) is 5.02. The molecule has 11 heteroatoms. The van der Waals surface area contributed by atoms with Gasteiger partial charge in [-0.05, 0) is 35.9 Å². The summed E-state index contributed by atoms with van der Waals surface area (Å²) >= 11 is 0. The predicted octanol–water partition coefficient (Wildman–Crippen LogP) is 3.30. The number of para-hydroxylation sites is 2. The highest BCUT2D eigenvalue weighted by Gasteiger charge is 2.15. The fourth-order valence-corrected chi connectivity index (χ4v) is 3.47. The number of nitro groups is 1. The minimum absolute atomic E-state index is 0.0290. The number of furan rings is 1. The largest absolute Gasteiger partial charge is 0.493 e. The quantitative estimate of drug-likeness (QED) is 0.229. The van der Waals surface area contributed by atoms with Crippen molar-refractivity contribution in [3.63, 3.8) is 0 Å². The van der Waals surface area contributed by atoms with Crippen molar-refractivity contribution < 1.29 is 23.6 Å². The molecule has 0 saturated heterocycles. The summed E-state index contributed by atoms with van der Waals surface area (Å²) in [6.45, 7) is -0.0290. The van der Waals surface area contributed by atoms with Gasteiger partial charge < -0.3 is 18.5 Å². The Bertz CT molecular complexity index is 1370. The molecule has 4 rings (SSSR count). The zero-order valence-electron chi connectivity index (χ0n) is 18.4. The summed E-state index contributed by atoms with van der Waals surface area (Å²) < 4.78 is 17.5. The number of methoxy groups -OCH3 is 2. The number of benzene rings is 2. The van der Waals surface area contributed by atoms with Crippen LogP contribution in [0.4, 0.5) is 5.88 Å². The summed E-state index contributed by atoms with van der Waals surface area (Å²) in [7, 11) is 3.15. The van der Waals surface area contributed by atoms with Crippen LogP contribution in [0.2, 0.25) is 0 Å². The number of carbonyl (C=O) groups is 1. The van der Waals surface area contributed by atoms with Gasteiger partial charge in [-0.2, -0.15) is 5.10 Å². The second-order valence-corrected chi connectivity index (χ2v) is 7.20. The lowest BCUT2D eigenvalue weighted by Crippen LogP contribution is -2.24. The summed E-state index contributed by atoms with van der Waals surface area (Å²) in [6, 6.07) is 15.7. The SMILES string of the molecule is COc1ccc(Cc2nc3ccccc3n2CC(=O)N/N=C\c2ccc([N+](=O)[O-])o2)cc1OC. The number of carbonyl (C=O) groups excluding carboxylic acids is 1. The van der Waals surface area contributed by atoms with Crippen molar-refractivity contribution in [3.8, 4) is 11.5 Å². The van der Waals surface area contributed by atoms with Crippen molar-refractivity contribution in [1.29, 1.82) is 0 Å². The van der Waals surface area contributed by atoms with Gasteiger partial charge in [0.2, 0.25) is 0 Å². The van der Waals surface area contributed by atoms with Crippen molar-refractivity contribution in [2.45, 2.75) is 13.0 Å². The minimum Gasteiger partial charge on any atom is -0.493 e. The van der Waals surface area contributed by atoms with Gasteiger partial charge >= 0.3 is 5.88 Å². The van der Waals surface area contributed by atoms with E-state index in [0.717, 1.165) is 16.6 Å². The normalized spacial score (nSPS) is 11.1. The summed E-state index contributed by atoms with van der Waals surface area (Å²) in [5, 5.41) is 14.5. The van der Waals surface area contributed by atoms with Crippen LogP contribution in [0.5, 0.6) is 11.5 Å². The molecule has 2 aromatic carbocycles. The van der Waals surface area contributed by atoms with Gasteiger partial charge in [-0.3, -0.25) is 14.9 Å². The molecule has 0 aliphatic rings. The average Bonchev–Trinajstić information content (AvgIpc) is 3.44. The number of hydrogen-bond acceptors (Lipinski definition) is 8. The average molecular weight is 463 g/mol. The number of hydrogen-bond donors (Lipinski definition) is 1. The third kappa shape index (κ3) is 4.88. The van der Waals surface area contributed by atoms with E-state index < -0.39 is 16.7 Å². The fourth-order valence-electron chi connectivity index (χ4n) is 3.47. The number of imidazole rings is 1. The molecule has 1 amide bonds. The van der Waals surface area contributed by atoms with Gasteiger partial charge in [0, 0.05) is 6.42 Å². The summed E-state index contributed by atoms with van der Waals surface area (Å²) in [4.78, 5) is 27.3. The molecule has 4 aromatic rings. The number of fused-ring (bicyclic) bond motifs is 1. The molecular weight excluding hydrogens is 442 g/mol. The highest BCUT2D eigenvalue weighted by atomic mass is 16.6. The molecule has 34 heavy (non-hydrogen) atoms. The molecule has 174 valence electrons. The van der Waals surface area contributed by atoms with Gasteiger partial charge in [0.05, 0.1) is 37.5 Å². The van der Waals surface area contributed by atoms with Crippen LogP contribution >= 0.6 is 0 Å². The van der Waals surface area contributed by atoms with Gasteiger partial charge in [0.15, 0.2) is 17.3 Å². The van der Waals surface area contributed by atoms with Gasteiger partial charge in [-0.1, -0.05) is 18.2 Å². The molecule has 0 unspecified atom stereocenters. The van der Waals surface area contributed by atoms with Crippen molar-refractivity contribution in [2.75, 3.05) is 14.2 Å². The van der Waals surface area contributed by atoms with E-state index in [1.165, 1.54) is 18.3 Å². The Kier molecular flexibility index (Phi) is 6.53. The highest BCUT2D eigenvalue weighted by molar-refractivity contribution is 5.83. The van der Waals surface area contributed by atoms with E-state index in [2.05, 4.69) is 10.5 Å². The van der Waals surface area contributed by atoms with Crippen LogP contribution in [0.15, 0.2) is 64.1 Å². The first kappa shape index (κ1) is 22.5. The second kappa shape index (κ2) is 9.86. The molecule has 2 heterocycles. The monoisotopic (exact) mass is 463 g/mol. The second-order valence-electron chi connectivity index (χ2n) is 7.20. The topological polar surface area (TPSA) is 134 Å². The Morgan fingerprint density at radius 3 is 2.71 bits per heavy atom. The number of nitrogens with zero attached hydrogens (tertiary/aromatic N) is 4. The van der Waals surface area contributed by atoms with Crippen molar-refractivity contribution in [3.05, 3.63) is 81.9 Å². The third-order valence-corrected chi connectivity index (χ3v) is 5.02. The summed E-state index contributed by atoms with van der Waals surface area (Å²) in [5.41, 5.74) is 4.92. The van der Waals surface area contributed by atoms with Gasteiger partial charge in [0.1, 0.15) is 17.3 Å². The Labute approximate surface area is 193 Å². The first-order valence-corrected chi connectivity index (χ1v) is 10.2. The maximum absolute atomic E-state index is 12.6. The van der Waals surface area contributed by atoms with Crippen LogP contribution in [0, 0.1) is 10.1 Å². The van der Waals surface area contributed by atoms with Crippen molar-refractivity contribution >= 4 is 29.0 Å². The molecule has 0 fully saturated rings. The maximum atomic E-state index is 12.6. The van der Waals surface area contributed by atoms with Crippen LogP contribution in [0.3, 0.4) is 0 Å². The number of amides is 1. The number of aromatic nitrogens is 2.